The minimum absolute atomic E-state index is 0.430. The lowest BCUT2D eigenvalue weighted by molar-refractivity contribution is 0.275. The summed E-state index contributed by atoms with van der Waals surface area (Å²) in [6.45, 7) is 5.71. The number of hydrogen-bond donors (Lipinski definition) is 1. The van der Waals surface area contributed by atoms with Crippen molar-refractivity contribution in [1.82, 2.24) is 4.90 Å². The largest absolute Gasteiger partial charge is 0.365 e. The van der Waals surface area contributed by atoms with Crippen molar-refractivity contribution in [2.75, 3.05) is 31.6 Å². The number of piperazine rings is 1. The fraction of sp³-hybridized carbons (Fsp3) is 0.500. The highest BCUT2D eigenvalue weighted by atomic mass is 15.3. The van der Waals surface area contributed by atoms with Crippen LogP contribution < -0.4 is 10.6 Å². The molecule has 0 aliphatic carbocycles. The molecule has 0 amide bonds. The van der Waals surface area contributed by atoms with Gasteiger partial charge in [0, 0.05) is 32.2 Å². The third-order valence-corrected chi connectivity index (χ3v) is 3.56. The first-order valence-corrected chi connectivity index (χ1v) is 6.34. The number of anilines is 1. The van der Waals surface area contributed by atoms with Gasteiger partial charge < -0.3 is 15.5 Å². The van der Waals surface area contributed by atoms with E-state index in [2.05, 4.69) is 29.8 Å². The standard InChI is InChI=1S/C14H20N4/c1-11-10-17(2)5-6-18(11)14-4-3-12(8-15)7-13(14)9-16/h3-4,7,11H,5-6,8,10,15H2,1-2H3. The molecule has 0 spiro atoms. The third-order valence-electron chi connectivity index (χ3n) is 3.56. The van der Waals surface area contributed by atoms with Crippen LogP contribution in [-0.4, -0.2) is 37.6 Å². The van der Waals surface area contributed by atoms with Crippen molar-refractivity contribution in [3.8, 4) is 6.07 Å². The predicted octanol–water partition coefficient (Wildman–Crippen LogP) is 1.16. The van der Waals surface area contributed by atoms with Gasteiger partial charge >= 0.3 is 0 Å². The van der Waals surface area contributed by atoms with Gasteiger partial charge in [0.05, 0.1) is 11.3 Å². The van der Waals surface area contributed by atoms with Gasteiger partial charge in [-0.2, -0.15) is 5.26 Å². The zero-order valence-electron chi connectivity index (χ0n) is 11.1. The molecule has 0 saturated carbocycles. The third kappa shape index (κ3) is 2.47. The maximum absolute atomic E-state index is 9.28. The first-order chi connectivity index (χ1) is 8.65. The second-order valence-electron chi connectivity index (χ2n) is 4.97. The molecule has 1 saturated heterocycles. The second-order valence-corrected chi connectivity index (χ2v) is 4.97. The van der Waals surface area contributed by atoms with Crippen molar-refractivity contribution >= 4 is 5.69 Å². The van der Waals surface area contributed by atoms with Crippen LogP contribution in [0.2, 0.25) is 0 Å². The fourth-order valence-corrected chi connectivity index (χ4v) is 2.55. The maximum atomic E-state index is 9.28. The van der Waals surface area contributed by atoms with E-state index in [1.807, 2.05) is 18.2 Å². The highest BCUT2D eigenvalue weighted by molar-refractivity contribution is 5.61. The molecule has 0 radical (unpaired) electrons. The summed E-state index contributed by atoms with van der Waals surface area (Å²) in [5.41, 5.74) is 8.40. The lowest BCUT2D eigenvalue weighted by atomic mass is 10.1. The summed E-state index contributed by atoms with van der Waals surface area (Å²) in [5.74, 6) is 0. The Morgan fingerprint density at radius 3 is 2.83 bits per heavy atom. The lowest BCUT2D eigenvalue weighted by Crippen LogP contribution is -2.50. The Kier molecular flexibility index (Phi) is 3.85. The van der Waals surface area contributed by atoms with E-state index >= 15 is 0 Å². The summed E-state index contributed by atoms with van der Waals surface area (Å²) in [4.78, 5) is 4.64. The number of likely N-dealkylation sites (N-methyl/N-ethyl adjacent to an activating group) is 1. The van der Waals surface area contributed by atoms with Gasteiger partial charge in [-0.15, -0.1) is 0 Å². The van der Waals surface area contributed by atoms with Crippen LogP contribution in [0.4, 0.5) is 5.69 Å². The van der Waals surface area contributed by atoms with Gasteiger partial charge in [-0.1, -0.05) is 6.07 Å². The molecule has 4 heteroatoms. The Morgan fingerprint density at radius 2 is 2.22 bits per heavy atom. The molecule has 1 aliphatic rings. The van der Waals surface area contributed by atoms with E-state index < -0.39 is 0 Å². The van der Waals surface area contributed by atoms with E-state index in [9.17, 15) is 5.26 Å². The Morgan fingerprint density at radius 1 is 1.44 bits per heavy atom. The summed E-state index contributed by atoms with van der Waals surface area (Å²) in [6, 6.07) is 8.67. The highest BCUT2D eigenvalue weighted by Gasteiger charge is 2.23. The fourth-order valence-electron chi connectivity index (χ4n) is 2.55. The molecule has 4 nitrogen and oxygen atoms in total. The van der Waals surface area contributed by atoms with E-state index in [4.69, 9.17) is 5.73 Å². The molecular formula is C14H20N4. The highest BCUT2D eigenvalue weighted by Crippen LogP contribution is 2.25. The van der Waals surface area contributed by atoms with E-state index in [1.165, 1.54) is 0 Å². The molecule has 1 heterocycles. The summed E-state index contributed by atoms with van der Waals surface area (Å²) in [5, 5.41) is 9.28. The van der Waals surface area contributed by atoms with E-state index in [-0.39, 0.29) is 0 Å². The molecule has 1 fully saturated rings. The van der Waals surface area contributed by atoms with Crippen LogP contribution in [0.1, 0.15) is 18.1 Å². The predicted molar refractivity (Wildman–Crippen MR) is 73.4 cm³/mol. The Hall–Kier alpha value is -1.57. The molecule has 1 atom stereocenters. The van der Waals surface area contributed by atoms with Gasteiger partial charge in [0.1, 0.15) is 6.07 Å². The first kappa shape index (κ1) is 12.9. The molecule has 0 aromatic heterocycles. The number of rotatable bonds is 2. The van der Waals surface area contributed by atoms with Crippen LogP contribution >= 0.6 is 0 Å². The van der Waals surface area contributed by atoms with Gasteiger partial charge in [0.2, 0.25) is 0 Å². The van der Waals surface area contributed by atoms with Crippen molar-refractivity contribution in [2.24, 2.45) is 5.73 Å². The topological polar surface area (TPSA) is 56.3 Å². The van der Waals surface area contributed by atoms with Crippen LogP contribution in [0.5, 0.6) is 0 Å². The van der Waals surface area contributed by atoms with E-state index in [1.54, 1.807) is 0 Å². The quantitative estimate of drug-likeness (QED) is 0.848. The summed E-state index contributed by atoms with van der Waals surface area (Å²) >= 11 is 0. The molecule has 96 valence electrons. The van der Waals surface area contributed by atoms with Gasteiger partial charge in [0.25, 0.3) is 0 Å². The van der Waals surface area contributed by atoms with Crippen LogP contribution in [0.15, 0.2) is 18.2 Å². The summed E-state index contributed by atoms with van der Waals surface area (Å²) in [7, 11) is 2.14. The van der Waals surface area contributed by atoms with Crippen LogP contribution in [0.3, 0.4) is 0 Å². The Balaban J connectivity index is 2.30. The number of nitrogens with two attached hydrogens (primary N) is 1. The summed E-state index contributed by atoms with van der Waals surface area (Å²) in [6.07, 6.45) is 0. The average molecular weight is 244 g/mol. The van der Waals surface area contributed by atoms with Crippen molar-refractivity contribution in [1.29, 1.82) is 5.26 Å². The molecule has 0 bridgehead atoms. The zero-order valence-corrected chi connectivity index (χ0v) is 11.1. The molecular weight excluding hydrogens is 224 g/mol. The average Bonchev–Trinajstić information content (AvgIpc) is 2.38. The van der Waals surface area contributed by atoms with Gasteiger partial charge in [-0.05, 0) is 31.7 Å². The minimum atomic E-state index is 0.430. The second kappa shape index (κ2) is 5.38. The van der Waals surface area contributed by atoms with Crippen molar-refractivity contribution in [3.05, 3.63) is 29.3 Å². The smallest absolute Gasteiger partial charge is 0.101 e. The van der Waals surface area contributed by atoms with Gasteiger partial charge in [-0.25, -0.2) is 0 Å². The molecule has 1 aromatic rings. The SMILES string of the molecule is CC1CN(C)CCN1c1ccc(CN)cc1C#N. The van der Waals surface area contributed by atoms with Gasteiger partial charge in [0.15, 0.2) is 0 Å². The van der Waals surface area contributed by atoms with E-state index in [0.29, 0.717) is 12.6 Å². The number of nitriles is 1. The molecule has 1 aromatic carbocycles. The molecule has 2 N–H and O–H groups in total. The number of hydrogen-bond acceptors (Lipinski definition) is 4. The van der Waals surface area contributed by atoms with Crippen LogP contribution in [0.25, 0.3) is 0 Å². The minimum Gasteiger partial charge on any atom is -0.365 e. The number of benzene rings is 1. The zero-order chi connectivity index (χ0) is 13.1. The maximum Gasteiger partial charge on any atom is 0.101 e. The van der Waals surface area contributed by atoms with E-state index in [0.717, 1.165) is 36.4 Å². The van der Waals surface area contributed by atoms with Crippen LogP contribution in [0, 0.1) is 11.3 Å². The monoisotopic (exact) mass is 244 g/mol. The summed E-state index contributed by atoms with van der Waals surface area (Å²) < 4.78 is 0. The van der Waals surface area contributed by atoms with Gasteiger partial charge in [-0.3, -0.25) is 0 Å². The molecule has 1 unspecified atom stereocenters. The van der Waals surface area contributed by atoms with Crippen molar-refractivity contribution in [2.45, 2.75) is 19.5 Å². The molecule has 1 aliphatic heterocycles. The normalized spacial score (nSPS) is 20.8. The Labute approximate surface area is 109 Å². The molecule has 2 rings (SSSR count). The lowest BCUT2D eigenvalue weighted by Gasteiger charge is -2.40. The number of nitrogens with zero attached hydrogens (tertiary/aromatic N) is 3. The van der Waals surface area contributed by atoms with Crippen molar-refractivity contribution in [3.63, 3.8) is 0 Å². The first-order valence-electron chi connectivity index (χ1n) is 6.34. The Bertz CT molecular complexity index is 463. The van der Waals surface area contributed by atoms with Crippen LogP contribution in [-0.2, 0) is 6.54 Å². The molecule has 18 heavy (non-hydrogen) atoms. The van der Waals surface area contributed by atoms with Crippen molar-refractivity contribution < 1.29 is 0 Å².